The highest BCUT2D eigenvalue weighted by molar-refractivity contribution is 6.13. The molecule has 8 nitrogen and oxygen atoms in total. The number of nitrogens with zero attached hydrogens (tertiary/aromatic N) is 1. The predicted octanol–water partition coefficient (Wildman–Crippen LogP) is -0.187. The van der Waals surface area contributed by atoms with Gasteiger partial charge >= 0.3 is 13.7 Å². The highest BCUT2D eigenvalue weighted by Crippen LogP contribution is 2.23. The van der Waals surface area contributed by atoms with E-state index in [1.54, 1.807) is 0 Å². The van der Waals surface area contributed by atoms with Gasteiger partial charge in [-0.2, -0.15) is 0 Å². The summed E-state index contributed by atoms with van der Waals surface area (Å²) in [4.78, 5) is 37.5. The van der Waals surface area contributed by atoms with Crippen molar-refractivity contribution < 1.29 is 29.5 Å². The number of rotatable bonds is 5. The van der Waals surface area contributed by atoms with E-state index < -0.39 is 31.6 Å². The number of carboxylic acids is 1. The van der Waals surface area contributed by atoms with Crippen molar-refractivity contribution in [3.8, 4) is 0 Å². The predicted molar refractivity (Wildman–Crippen MR) is 101 cm³/mol. The van der Waals surface area contributed by atoms with Gasteiger partial charge in [-0.1, -0.05) is 38.1 Å². The number of hydrogen-bond acceptors (Lipinski definition) is 5. The van der Waals surface area contributed by atoms with E-state index in [2.05, 4.69) is 5.32 Å². The minimum absolute atomic E-state index is 0.141. The van der Waals surface area contributed by atoms with Gasteiger partial charge in [-0.25, -0.2) is 4.79 Å². The fourth-order valence-electron chi connectivity index (χ4n) is 3.05. The van der Waals surface area contributed by atoms with Crippen LogP contribution in [0, 0.1) is 5.92 Å². The van der Waals surface area contributed by atoms with Gasteiger partial charge in [0.1, 0.15) is 12.1 Å². The molecule has 1 unspecified atom stereocenters. The molecule has 2 rings (SSSR count). The van der Waals surface area contributed by atoms with Crippen molar-refractivity contribution in [3.05, 3.63) is 35.4 Å². The SMILES string of the molecule is CC(=O)N1Cc2ccccc2CC1C(=O)N[C@@H](CC(C)C)C(=O)O.OBO. The Morgan fingerprint density at radius 1 is 1.22 bits per heavy atom. The molecule has 1 aromatic rings. The molecule has 0 spiro atoms. The Labute approximate surface area is 159 Å². The van der Waals surface area contributed by atoms with Crippen molar-refractivity contribution >= 4 is 25.5 Å². The summed E-state index contributed by atoms with van der Waals surface area (Å²) in [5.74, 6) is -1.52. The van der Waals surface area contributed by atoms with E-state index in [1.165, 1.54) is 11.8 Å². The van der Waals surface area contributed by atoms with Gasteiger partial charge in [0.15, 0.2) is 0 Å². The third kappa shape index (κ3) is 6.69. The monoisotopic (exact) mass is 378 g/mol. The van der Waals surface area contributed by atoms with Gasteiger partial charge in [0.25, 0.3) is 0 Å². The first kappa shape index (κ1) is 22.7. The van der Waals surface area contributed by atoms with Crippen LogP contribution in [0.15, 0.2) is 24.3 Å². The molecular formula is C18H27BN2O6. The number of fused-ring (bicyclic) bond motifs is 1. The molecule has 0 aromatic heterocycles. The average molecular weight is 378 g/mol. The van der Waals surface area contributed by atoms with E-state index >= 15 is 0 Å². The average Bonchev–Trinajstić information content (AvgIpc) is 2.60. The smallest absolute Gasteiger partial charge is 0.432 e. The second-order valence-electron chi connectivity index (χ2n) is 6.81. The summed E-state index contributed by atoms with van der Waals surface area (Å²) in [6, 6.07) is 6.07. The molecule has 1 aromatic carbocycles. The summed E-state index contributed by atoms with van der Waals surface area (Å²) in [5.41, 5.74) is 2.04. The number of aliphatic carboxylic acids is 1. The van der Waals surface area contributed by atoms with Crippen molar-refractivity contribution in [2.75, 3.05) is 0 Å². The van der Waals surface area contributed by atoms with Crippen LogP contribution < -0.4 is 5.32 Å². The third-order valence-electron chi connectivity index (χ3n) is 4.28. The molecule has 1 aliphatic rings. The summed E-state index contributed by atoms with van der Waals surface area (Å²) in [7, 11) is -0.750. The molecule has 27 heavy (non-hydrogen) atoms. The van der Waals surface area contributed by atoms with Crippen LogP contribution in [0.2, 0.25) is 0 Å². The molecule has 0 aliphatic carbocycles. The minimum Gasteiger partial charge on any atom is -0.480 e. The maximum absolute atomic E-state index is 12.7. The topological polar surface area (TPSA) is 127 Å². The van der Waals surface area contributed by atoms with Gasteiger partial charge in [0.2, 0.25) is 11.8 Å². The number of carbonyl (C=O) groups is 3. The van der Waals surface area contributed by atoms with Crippen molar-refractivity contribution in [1.29, 1.82) is 0 Å². The minimum atomic E-state index is -1.05. The first-order valence-electron chi connectivity index (χ1n) is 8.80. The summed E-state index contributed by atoms with van der Waals surface area (Å²) in [6.45, 7) is 5.60. The van der Waals surface area contributed by atoms with E-state index in [1.807, 2.05) is 38.1 Å². The fraction of sp³-hybridized carbons (Fsp3) is 0.500. The molecule has 0 bridgehead atoms. The first-order chi connectivity index (χ1) is 12.7. The van der Waals surface area contributed by atoms with Gasteiger partial charge in [0, 0.05) is 19.9 Å². The maximum Gasteiger partial charge on any atom is 0.432 e. The number of benzene rings is 1. The first-order valence-corrected chi connectivity index (χ1v) is 8.80. The fourth-order valence-corrected chi connectivity index (χ4v) is 3.05. The summed E-state index contributed by atoms with van der Waals surface area (Å²) in [5, 5.41) is 26.2. The Morgan fingerprint density at radius 3 is 2.26 bits per heavy atom. The molecule has 148 valence electrons. The number of hydrogen-bond donors (Lipinski definition) is 4. The lowest BCUT2D eigenvalue weighted by Gasteiger charge is -2.36. The van der Waals surface area contributed by atoms with Crippen molar-refractivity contribution in [2.45, 2.75) is 52.2 Å². The molecule has 1 aliphatic heterocycles. The second kappa shape index (κ2) is 10.7. The van der Waals surface area contributed by atoms with E-state index in [-0.39, 0.29) is 11.8 Å². The van der Waals surface area contributed by atoms with Crippen LogP contribution >= 0.6 is 0 Å². The normalized spacial score (nSPS) is 16.5. The molecule has 9 heteroatoms. The van der Waals surface area contributed by atoms with Gasteiger partial charge < -0.3 is 25.4 Å². The Hall–Kier alpha value is -2.39. The van der Waals surface area contributed by atoms with Gasteiger partial charge in [-0.05, 0) is 23.5 Å². The maximum atomic E-state index is 12.7. The second-order valence-corrected chi connectivity index (χ2v) is 6.81. The zero-order valence-corrected chi connectivity index (χ0v) is 15.9. The van der Waals surface area contributed by atoms with Crippen molar-refractivity contribution in [2.24, 2.45) is 5.92 Å². The third-order valence-corrected chi connectivity index (χ3v) is 4.28. The van der Waals surface area contributed by atoms with Crippen LogP contribution in [0.5, 0.6) is 0 Å². The number of nitrogens with one attached hydrogen (secondary N) is 1. The summed E-state index contributed by atoms with van der Waals surface area (Å²) < 4.78 is 0. The quantitative estimate of drug-likeness (QED) is 0.526. The number of carbonyl (C=O) groups excluding carboxylic acids is 2. The summed E-state index contributed by atoms with van der Waals surface area (Å²) in [6.07, 6.45) is 0.750. The lowest BCUT2D eigenvalue weighted by Crippen LogP contribution is -2.55. The van der Waals surface area contributed by atoms with Crippen LogP contribution in [0.4, 0.5) is 0 Å². The van der Waals surface area contributed by atoms with E-state index in [0.29, 0.717) is 19.4 Å². The molecule has 1 heterocycles. The molecule has 4 N–H and O–H groups in total. The van der Waals surface area contributed by atoms with Crippen molar-refractivity contribution in [1.82, 2.24) is 10.2 Å². The Balaban J connectivity index is 0.00000114. The van der Waals surface area contributed by atoms with Crippen LogP contribution in [-0.4, -0.2) is 57.6 Å². The van der Waals surface area contributed by atoms with Crippen LogP contribution in [0.1, 0.15) is 38.3 Å². The van der Waals surface area contributed by atoms with Gasteiger partial charge in [-0.3, -0.25) is 9.59 Å². The highest BCUT2D eigenvalue weighted by atomic mass is 16.4. The van der Waals surface area contributed by atoms with Crippen LogP contribution in [-0.2, 0) is 27.3 Å². The van der Waals surface area contributed by atoms with E-state index in [9.17, 15) is 19.5 Å². The van der Waals surface area contributed by atoms with E-state index in [4.69, 9.17) is 10.0 Å². The zero-order chi connectivity index (χ0) is 20.6. The lowest BCUT2D eigenvalue weighted by molar-refractivity contribution is -0.145. The van der Waals surface area contributed by atoms with Gasteiger partial charge in [0.05, 0.1) is 0 Å². The van der Waals surface area contributed by atoms with Gasteiger partial charge in [-0.15, -0.1) is 0 Å². The Kier molecular flexibility index (Phi) is 8.97. The molecule has 0 fully saturated rings. The largest absolute Gasteiger partial charge is 0.480 e. The zero-order valence-electron chi connectivity index (χ0n) is 15.9. The Bertz CT molecular complexity index is 667. The molecule has 0 radical (unpaired) electrons. The summed E-state index contributed by atoms with van der Waals surface area (Å²) >= 11 is 0. The molecule has 2 amide bonds. The molecule has 0 saturated carbocycles. The molecule has 2 atom stereocenters. The van der Waals surface area contributed by atoms with Crippen molar-refractivity contribution in [3.63, 3.8) is 0 Å². The number of carboxylic acid groups (broad SMARTS) is 1. The standard InChI is InChI=1S/C18H24N2O4.BH3O2/c1-11(2)8-15(18(23)24)19-17(22)16-9-13-6-4-5-7-14(13)10-20(16)12(3)21;2-1-3/h4-7,11,15-16H,8-10H2,1-3H3,(H,19,22)(H,23,24);1-3H/t15-,16?;/m0./s1. The van der Waals surface area contributed by atoms with Crippen LogP contribution in [0.3, 0.4) is 0 Å². The van der Waals surface area contributed by atoms with E-state index in [0.717, 1.165) is 11.1 Å². The molecule has 0 saturated heterocycles. The molecular weight excluding hydrogens is 351 g/mol. The van der Waals surface area contributed by atoms with Crippen LogP contribution in [0.25, 0.3) is 0 Å². The Morgan fingerprint density at radius 2 is 1.78 bits per heavy atom. The highest BCUT2D eigenvalue weighted by Gasteiger charge is 2.34. The lowest BCUT2D eigenvalue weighted by atomic mass is 9.93. The number of amides is 2.